The van der Waals surface area contributed by atoms with Crippen molar-refractivity contribution in [1.29, 1.82) is 0 Å². The monoisotopic (exact) mass is 290 g/mol. The molecule has 2 aromatic rings. The predicted molar refractivity (Wildman–Crippen MR) is 80.1 cm³/mol. The van der Waals surface area contributed by atoms with E-state index in [9.17, 15) is 4.79 Å². The highest BCUT2D eigenvalue weighted by Gasteiger charge is 2.16. The number of aryl methyl sites for hydroxylation is 1. The second kappa shape index (κ2) is 6.00. The number of amides is 1. The second-order valence-corrected chi connectivity index (χ2v) is 5.08. The van der Waals surface area contributed by atoms with Crippen molar-refractivity contribution in [2.45, 2.75) is 33.4 Å². The topological polar surface area (TPSA) is 62.7 Å². The molecule has 0 unspecified atom stereocenters. The van der Waals surface area contributed by atoms with E-state index < -0.39 is 0 Å². The number of carbonyl (C=O) groups excluding carboxylic acids is 1. The minimum atomic E-state index is -0.212. The van der Waals surface area contributed by atoms with Gasteiger partial charge in [-0.3, -0.25) is 9.89 Å². The van der Waals surface area contributed by atoms with Crippen LogP contribution in [-0.2, 0) is 6.54 Å². The fraction of sp³-hybridized carbons (Fsp3) is 0.357. The Hall–Kier alpha value is -1.95. The minimum Gasteiger partial charge on any atom is -0.342 e. The third-order valence-corrected chi connectivity index (χ3v) is 3.43. The lowest BCUT2D eigenvalue weighted by Gasteiger charge is -2.14. The molecule has 0 spiro atoms. The summed E-state index contributed by atoms with van der Waals surface area (Å²) in [6.07, 6.45) is 0. The van der Waals surface area contributed by atoms with Crippen molar-refractivity contribution >= 4 is 18.1 Å². The first-order valence-corrected chi connectivity index (χ1v) is 6.96. The standard InChI is InChI=1S/C14H18N4OS/c1-4-18-12(16-17-14(18)20)10(3)15-13(19)11-7-5-6-9(2)8-11/h5-8,10H,4H2,1-3H3,(H,15,19)(H,17,20)/t10-/m0/s1. The Morgan fingerprint density at radius 3 is 2.95 bits per heavy atom. The average molecular weight is 290 g/mol. The highest BCUT2D eigenvalue weighted by molar-refractivity contribution is 7.71. The summed E-state index contributed by atoms with van der Waals surface area (Å²) in [5, 5.41) is 9.88. The van der Waals surface area contributed by atoms with Crippen LogP contribution in [0.1, 0.15) is 41.6 Å². The largest absolute Gasteiger partial charge is 0.342 e. The maximum absolute atomic E-state index is 12.2. The van der Waals surface area contributed by atoms with Crippen LogP contribution in [0.4, 0.5) is 0 Å². The molecule has 1 amide bonds. The molecule has 0 radical (unpaired) electrons. The summed E-state index contributed by atoms with van der Waals surface area (Å²) in [6.45, 7) is 6.56. The molecule has 20 heavy (non-hydrogen) atoms. The van der Waals surface area contributed by atoms with Gasteiger partial charge < -0.3 is 9.88 Å². The number of nitrogens with one attached hydrogen (secondary N) is 2. The number of benzene rings is 1. The summed E-state index contributed by atoms with van der Waals surface area (Å²) < 4.78 is 2.44. The van der Waals surface area contributed by atoms with Crippen LogP contribution in [0.3, 0.4) is 0 Å². The first-order chi connectivity index (χ1) is 9.52. The first-order valence-electron chi connectivity index (χ1n) is 6.55. The van der Waals surface area contributed by atoms with Gasteiger partial charge in [0, 0.05) is 12.1 Å². The summed E-state index contributed by atoms with van der Waals surface area (Å²) >= 11 is 5.15. The number of nitrogens with zero attached hydrogens (tertiary/aromatic N) is 2. The summed E-state index contributed by atoms with van der Waals surface area (Å²) in [7, 11) is 0. The van der Waals surface area contributed by atoms with Gasteiger partial charge in [0.05, 0.1) is 6.04 Å². The summed E-state index contributed by atoms with van der Waals surface area (Å²) in [5.41, 5.74) is 1.70. The molecule has 1 aromatic carbocycles. The van der Waals surface area contributed by atoms with E-state index in [1.807, 2.05) is 43.5 Å². The van der Waals surface area contributed by atoms with Crippen molar-refractivity contribution in [3.63, 3.8) is 0 Å². The van der Waals surface area contributed by atoms with Gasteiger partial charge in [0.2, 0.25) is 0 Å². The number of hydrogen-bond acceptors (Lipinski definition) is 3. The fourth-order valence-corrected chi connectivity index (χ4v) is 2.37. The third-order valence-electron chi connectivity index (χ3n) is 3.12. The molecule has 2 N–H and O–H groups in total. The van der Waals surface area contributed by atoms with Gasteiger partial charge >= 0.3 is 0 Å². The zero-order valence-electron chi connectivity index (χ0n) is 11.8. The molecular weight excluding hydrogens is 272 g/mol. The summed E-state index contributed by atoms with van der Waals surface area (Å²) in [4.78, 5) is 12.2. The Kier molecular flexibility index (Phi) is 4.34. The molecule has 0 bridgehead atoms. The van der Waals surface area contributed by atoms with Crippen LogP contribution in [0.25, 0.3) is 0 Å². The van der Waals surface area contributed by atoms with Crippen LogP contribution in [0.5, 0.6) is 0 Å². The quantitative estimate of drug-likeness (QED) is 0.851. The van der Waals surface area contributed by atoms with E-state index >= 15 is 0 Å². The van der Waals surface area contributed by atoms with E-state index in [4.69, 9.17) is 12.2 Å². The van der Waals surface area contributed by atoms with Gasteiger partial charge in [-0.25, -0.2) is 0 Å². The van der Waals surface area contributed by atoms with Crippen molar-refractivity contribution in [3.8, 4) is 0 Å². The molecule has 0 aliphatic heterocycles. The van der Waals surface area contributed by atoms with Gasteiger partial charge in [0.25, 0.3) is 5.91 Å². The highest BCUT2D eigenvalue weighted by atomic mass is 32.1. The number of aromatic nitrogens is 3. The van der Waals surface area contributed by atoms with Crippen molar-refractivity contribution in [3.05, 3.63) is 46.0 Å². The van der Waals surface area contributed by atoms with Crippen LogP contribution < -0.4 is 5.32 Å². The molecule has 1 aromatic heterocycles. The van der Waals surface area contributed by atoms with E-state index in [2.05, 4.69) is 15.5 Å². The SMILES string of the molecule is CCn1c([C@H](C)NC(=O)c2cccc(C)c2)n[nH]c1=S. The van der Waals surface area contributed by atoms with E-state index in [0.29, 0.717) is 10.3 Å². The number of H-pyrrole nitrogens is 1. The Bertz CT molecular complexity index is 674. The van der Waals surface area contributed by atoms with Gasteiger partial charge in [-0.05, 0) is 45.1 Å². The lowest BCUT2D eigenvalue weighted by Crippen LogP contribution is -2.28. The van der Waals surface area contributed by atoms with Gasteiger partial charge in [0.15, 0.2) is 10.6 Å². The van der Waals surface area contributed by atoms with Gasteiger partial charge in [-0.1, -0.05) is 17.7 Å². The van der Waals surface area contributed by atoms with E-state index in [0.717, 1.165) is 17.9 Å². The molecule has 1 heterocycles. The molecule has 0 aliphatic rings. The third kappa shape index (κ3) is 2.96. The zero-order chi connectivity index (χ0) is 14.7. The van der Waals surface area contributed by atoms with Crippen molar-refractivity contribution in [2.75, 3.05) is 0 Å². The molecule has 0 saturated heterocycles. The Morgan fingerprint density at radius 1 is 1.55 bits per heavy atom. The molecule has 106 valence electrons. The van der Waals surface area contributed by atoms with Crippen LogP contribution in [0, 0.1) is 11.7 Å². The number of rotatable bonds is 4. The van der Waals surface area contributed by atoms with Crippen molar-refractivity contribution < 1.29 is 4.79 Å². The van der Waals surface area contributed by atoms with Gasteiger partial charge in [0.1, 0.15) is 0 Å². The number of carbonyl (C=O) groups is 1. The van der Waals surface area contributed by atoms with Crippen molar-refractivity contribution in [1.82, 2.24) is 20.1 Å². The molecule has 2 rings (SSSR count). The van der Waals surface area contributed by atoms with Crippen LogP contribution >= 0.6 is 12.2 Å². The fourth-order valence-electron chi connectivity index (χ4n) is 2.10. The van der Waals surface area contributed by atoms with E-state index in [1.54, 1.807) is 6.07 Å². The first kappa shape index (κ1) is 14.5. The van der Waals surface area contributed by atoms with Crippen LogP contribution in [0.2, 0.25) is 0 Å². The predicted octanol–water partition coefficient (Wildman–Crippen LogP) is 2.76. The molecule has 0 aliphatic carbocycles. The maximum Gasteiger partial charge on any atom is 0.251 e. The second-order valence-electron chi connectivity index (χ2n) is 4.70. The average Bonchev–Trinajstić information content (AvgIpc) is 2.79. The molecule has 5 nitrogen and oxygen atoms in total. The van der Waals surface area contributed by atoms with Crippen molar-refractivity contribution in [2.24, 2.45) is 0 Å². The Labute approximate surface area is 123 Å². The van der Waals surface area contributed by atoms with Crippen LogP contribution in [-0.4, -0.2) is 20.7 Å². The lowest BCUT2D eigenvalue weighted by atomic mass is 10.1. The Morgan fingerprint density at radius 2 is 2.30 bits per heavy atom. The lowest BCUT2D eigenvalue weighted by molar-refractivity contribution is 0.0937. The number of aromatic amines is 1. The molecule has 6 heteroatoms. The van der Waals surface area contributed by atoms with Crippen LogP contribution in [0.15, 0.2) is 24.3 Å². The molecule has 0 fully saturated rings. The normalized spacial score (nSPS) is 12.2. The minimum absolute atomic E-state index is 0.113. The molecule has 0 saturated carbocycles. The molecular formula is C14H18N4OS. The van der Waals surface area contributed by atoms with E-state index in [1.165, 1.54) is 0 Å². The van der Waals surface area contributed by atoms with Gasteiger partial charge in [-0.15, -0.1) is 0 Å². The summed E-state index contributed by atoms with van der Waals surface area (Å²) in [5.74, 6) is 0.622. The maximum atomic E-state index is 12.2. The Balaban J connectivity index is 2.17. The van der Waals surface area contributed by atoms with E-state index in [-0.39, 0.29) is 11.9 Å². The number of hydrogen-bond donors (Lipinski definition) is 2. The highest BCUT2D eigenvalue weighted by Crippen LogP contribution is 2.12. The summed E-state index contributed by atoms with van der Waals surface area (Å²) in [6, 6.07) is 7.28. The zero-order valence-corrected chi connectivity index (χ0v) is 12.6. The molecule has 1 atom stereocenters. The smallest absolute Gasteiger partial charge is 0.251 e. The van der Waals surface area contributed by atoms with Gasteiger partial charge in [-0.2, -0.15) is 5.10 Å².